The van der Waals surface area contributed by atoms with E-state index in [1.165, 1.54) is 0 Å². The number of hydrogen-bond acceptors (Lipinski definition) is 10. The van der Waals surface area contributed by atoms with E-state index in [9.17, 15) is 0 Å². The van der Waals surface area contributed by atoms with Crippen LogP contribution in [0.4, 0.5) is 0 Å². The van der Waals surface area contributed by atoms with Gasteiger partial charge in [-0.05, 0) is 12.8 Å². The molecule has 0 aromatic carbocycles. The Hall–Kier alpha value is 0.107. The highest BCUT2D eigenvalue weighted by atomic mass is 35.5. The van der Waals surface area contributed by atoms with Gasteiger partial charge in [-0.15, -0.1) is 11.6 Å². The van der Waals surface area contributed by atoms with E-state index in [0.29, 0.717) is 71.9 Å². The Bertz CT molecular complexity index is 330. The first-order valence-corrected chi connectivity index (χ1v) is 13.2. The molecule has 0 aliphatic carbocycles. The molecule has 0 N–H and O–H groups in total. The molecule has 194 valence electrons. The van der Waals surface area contributed by atoms with Crippen LogP contribution < -0.4 is 0 Å². The van der Waals surface area contributed by atoms with Crippen molar-refractivity contribution in [1.29, 1.82) is 0 Å². The van der Waals surface area contributed by atoms with Gasteiger partial charge in [0, 0.05) is 33.8 Å². The second-order valence-electron chi connectivity index (χ2n) is 6.46. The van der Waals surface area contributed by atoms with Gasteiger partial charge in [0.2, 0.25) is 0 Å². The van der Waals surface area contributed by atoms with Gasteiger partial charge >= 0.3 is 9.05 Å². The summed E-state index contributed by atoms with van der Waals surface area (Å²) >= 11 is 5.76. The lowest BCUT2D eigenvalue weighted by Crippen LogP contribution is -2.51. The molecule has 0 atom stereocenters. The largest absolute Gasteiger partial charge is 0.679 e. The fourth-order valence-electron chi connectivity index (χ4n) is 2.23. The summed E-state index contributed by atoms with van der Waals surface area (Å²) in [6.07, 6.45) is 2.71. The lowest BCUT2D eigenvalue weighted by atomic mass is 10.3. The molecule has 0 saturated heterocycles. The van der Waals surface area contributed by atoms with Crippen LogP contribution in [-0.2, 0) is 46.1 Å². The second kappa shape index (κ2) is 25.7. The Balaban J connectivity index is 4.72. The number of ether oxygens (including phenoxy) is 6. The summed E-state index contributed by atoms with van der Waals surface area (Å²) < 4.78 is 55.4. The molecule has 32 heavy (non-hydrogen) atoms. The van der Waals surface area contributed by atoms with Gasteiger partial charge in [0.25, 0.3) is 0 Å². The Labute approximate surface area is 199 Å². The van der Waals surface area contributed by atoms with E-state index in [1.807, 2.05) is 0 Å². The van der Waals surface area contributed by atoms with Crippen molar-refractivity contribution < 1.29 is 46.1 Å². The molecule has 12 heteroatoms. The number of rotatable bonds is 27. The quantitative estimate of drug-likeness (QED) is 0.0933. The smallest absolute Gasteiger partial charge is 0.382 e. The molecular formula is C20H43ClO10Si. The first kappa shape index (κ1) is 32.1. The summed E-state index contributed by atoms with van der Waals surface area (Å²) in [7, 11) is 1.45. The number of halogens is 1. The van der Waals surface area contributed by atoms with E-state index in [1.54, 1.807) is 21.3 Å². The predicted octanol–water partition coefficient (Wildman–Crippen LogP) is 1.89. The number of unbranched alkanes of at least 4 members (excludes halogenated alkanes) is 2. The summed E-state index contributed by atoms with van der Waals surface area (Å²) in [6, 6.07) is 0. The molecule has 0 saturated carbocycles. The lowest BCUT2D eigenvalue weighted by Gasteiger charge is -2.28. The van der Waals surface area contributed by atoms with E-state index in [4.69, 9.17) is 57.7 Å². The highest BCUT2D eigenvalue weighted by Gasteiger charge is 2.45. The van der Waals surface area contributed by atoms with Crippen LogP contribution in [0, 0.1) is 0 Å². The van der Waals surface area contributed by atoms with Gasteiger partial charge < -0.3 is 46.1 Å². The van der Waals surface area contributed by atoms with Gasteiger partial charge in [-0.25, -0.2) is 0 Å². The summed E-state index contributed by atoms with van der Waals surface area (Å²) in [4.78, 5) is 0. The summed E-state index contributed by atoms with van der Waals surface area (Å²) in [5.41, 5.74) is 0. The van der Waals surface area contributed by atoms with Crippen LogP contribution in [0.3, 0.4) is 0 Å². The maximum Gasteiger partial charge on any atom is 0.679 e. The fraction of sp³-hybridized carbons (Fsp3) is 1.00. The van der Waals surface area contributed by atoms with Crippen molar-refractivity contribution >= 4 is 20.6 Å². The van der Waals surface area contributed by atoms with Gasteiger partial charge in [-0.1, -0.05) is 6.42 Å². The Morgan fingerprint density at radius 1 is 0.438 bits per heavy atom. The Morgan fingerprint density at radius 3 is 1.19 bits per heavy atom. The maximum atomic E-state index is 6.05. The lowest BCUT2D eigenvalue weighted by molar-refractivity contribution is -0.0661. The van der Waals surface area contributed by atoms with Crippen LogP contribution in [0.15, 0.2) is 0 Å². The van der Waals surface area contributed by atoms with E-state index >= 15 is 0 Å². The van der Waals surface area contributed by atoms with Gasteiger partial charge in [-0.3, -0.25) is 0 Å². The number of alkyl halides is 1. The van der Waals surface area contributed by atoms with Crippen molar-refractivity contribution in [3.8, 4) is 0 Å². The molecule has 0 aliphatic heterocycles. The van der Waals surface area contributed by atoms with Crippen molar-refractivity contribution in [3.63, 3.8) is 0 Å². The summed E-state index contributed by atoms with van der Waals surface area (Å²) in [5.74, 6) is 0.627. The average Bonchev–Trinajstić information content (AvgIpc) is 2.80. The first-order chi connectivity index (χ1) is 15.7. The topological polar surface area (TPSA) is 92.3 Å². The van der Waals surface area contributed by atoms with Crippen molar-refractivity contribution in [2.24, 2.45) is 0 Å². The first-order valence-electron chi connectivity index (χ1n) is 11.1. The third kappa shape index (κ3) is 20.7. The minimum Gasteiger partial charge on any atom is -0.382 e. The zero-order valence-electron chi connectivity index (χ0n) is 20.0. The Morgan fingerprint density at radius 2 is 0.812 bits per heavy atom. The third-order valence-corrected chi connectivity index (χ3v) is 6.37. The van der Waals surface area contributed by atoms with E-state index in [-0.39, 0.29) is 19.8 Å². The number of methoxy groups -OCH3 is 3. The van der Waals surface area contributed by atoms with Gasteiger partial charge in [-0.2, -0.15) is 0 Å². The van der Waals surface area contributed by atoms with Crippen LogP contribution in [0.5, 0.6) is 0 Å². The SMILES string of the molecule is COCCOCCO[Si](OCCCCCCl)(OCCOCCOC)OCCOCCOC. The summed E-state index contributed by atoms with van der Waals surface area (Å²) in [5, 5.41) is 0. The molecule has 0 aromatic rings. The standard InChI is InChI=1S/C20H43ClO10Si/c1-22-9-12-25-15-18-29-32(28-8-6-4-5-7-21,30-19-16-26-13-10-23-2)31-20-17-27-14-11-24-3/h4-20H2,1-3H3. The highest BCUT2D eigenvalue weighted by molar-refractivity contribution is 6.53. The van der Waals surface area contributed by atoms with Crippen LogP contribution >= 0.6 is 11.6 Å². The van der Waals surface area contributed by atoms with Gasteiger partial charge in [0.15, 0.2) is 0 Å². The third-order valence-electron chi connectivity index (χ3n) is 3.87. The molecule has 0 rings (SSSR count). The van der Waals surface area contributed by atoms with E-state index in [2.05, 4.69) is 0 Å². The molecule has 0 unspecified atom stereocenters. The van der Waals surface area contributed by atoms with Crippen molar-refractivity contribution in [2.75, 3.05) is 113 Å². The zero-order valence-corrected chi connectivity index (χ0v) is 21.7. The molecule has 0 aromatic heterocycles. The van der Waals surface area contributed by atoms with E-state index in [0.717, 1.165) is 19.3 Å². The second-order valence-corrected chi connectivity index (χ2v) is 8.99. The zero-order chi connectivity index (χ0) is 23.6. The van der Waals surface area contributed by atoms with Crippen LogP contribution in [0.25, 0.3) is 0 Å². The number of hydrogen-bond donors (Lipinski definition) is 0. The predicted molar refractivity (Wildman–Crippen MR) is 122 cm³/mol. The Kier molecular flexibility index (Phi) is 25.8. The molecule has 0 aliphatic rings. The van der Waals surface area contributed by atoms with E-state index < -0.39 is 9.05 Å². The molecule has 0 fully saturated rings. The fourth-order valence-corrected chi connectivity index (χ4v) is 4.31. The highest BCUT2D eigenvalue weighted by Crippen LogP contribution is 2.14. The van der Waals surface area contributed by atoms with Crippen LogP contribution in [0.1, 0.15) is 19.3 Å². The normalized spacial score (nSPS) is 12.0. The molecule has 0 bridgehead atoms. The molecule has 10 nitrogen and oxygen atoms in total. The van der Waals surface area contributed by atoms with Gasteiger partial charge in [0.1, 0.15) is 0 Å². The van der Waals surface area contributed by atoms with Gasteiger partial charge in [0.05, 0.1) is 79.3 Å². The van der Waals surface area contributed by atoms with Crippen molar-refractivity contribution in [1.82, 2.24) is 0 Å². The van der Waals surface area contributed by atoms with Crippen LogP contribution in [0.2, 0.25) is 0 Å². The summed E-state index contributed by atoms with van der Waals surface area (Å²) in [6.45, 7) is 5.37. The average molecular weight is 507 g/mol. The maximum absolute atomic E-state index is 6.05. The van der Waals surface area contributed by atoms with Crippen molar-refractivity contribution in [3.05, 3.63) is 0 Å². The van der Waals surface area contributed by atoms with Crippen molar-refractivity contribution in [2.45, 2.75) is 19.3 Å². The molecule has 0 amide bonds. The monoisotopic (exact) mass is 506 g/mol. The molecule has 0 heterocycles. The minimum absolute atomic E-state index is 0.271. The minimum atomic E-state index is -3.43. The molecular weight excluding hydrogens is 464 g/mol. The van der Waals surface area contributed by atoms with Crippen LogP contribution in [-0.4, -0.2) is 122 Å². The molecule has 0 radical (unpaired) electrons. The molecule has 0 spiro atoms.